The van der Waals surface area contributed by atoms with Crippen LogP contribution in [0.2, 0.25) is 0 Å². The van der Waals surface area contributed by atoms with Crippen LogP contribution in [0.4, 0.5) is 5.82 Å². The summed E-state index contributed by atoms with van der Waals surface area (Å²) < 4.78 is 0. The summed E-state index contributed by atoms with van der Waals surface area (Å²) in [6.07, 6.45) is 2.23. The van der Waals surface area contributed by atoms with Gasteiger partial charge in [0.1, 0.15) is 5.82 Å². The lowest BCUT2D eigenvalue weighted by Crippen LogP contribution is -2.37. The third kappa shape index (κ3) is 4.11. The fraction of sp³-hybridized carbons (Fsp3) is 0.667. The van der Waals surface area contributed by atoms with Gasteiger partial charge < -0.3 is 10.2 Å². The quantitative estimate of drug-likeness (QED) is 0.897. The molecule has 106 valence electrons. The van der Waals surface area contributed by atoms with E-state index in [4.69, 9.17) is 4.98 Å². The van der Waals surface area contributed by atoms with Gasteiger partial charge in [0.25, 0.3) is 0 Å². The van der Waals surface area contributed by atoms with E-state index in [9.17, 15) is 0 Å². The Kier molecular flexibility index (Phi) is 5.52. The maximum Gasteiger partial charge on any atom is 0.129 e. The number of pyridine rings is 1. The van der Waals surface area contributed by atoms with Crippen molar-refractivity contribution in [2.45, 2.75) is 38.5 Å². The van der Waals surface area contributed by atoms with Crippen molar-refractivity contribution < 1.29 is 0 Å². The number of aryl methyl sites for hydroxylation is 1. The highest BCUT2D eigenvalue weighted by molar-refractivity contribution is 8.00. The van der Waals surface area contributed by atoms with Crippen LogP contribution in [-0.4, -0.2) is 36.1 Å². The molecule has 0 radical (unpaired) electrons. The highest BCUT2D eigenvalue weighted by Gasteiger charge is 2.18. The van der Waals surface area contributed by atoms with Gasteiger partial charge in [0.15, 0.2) is 0 Å². The van der Waals surface area contributed by atoms with Crippen LogP contribution in [0.1, 0.15) is 31.5 Å². The minimum atomic E-state index is 0.707. The van der Waals surface area contributed by atoms with Gasteiger partial charge in [0, 0.05) is 36.3 Å². The molecule has 1 aromatic rings. The van der Waals surface area contributed by atoms with E-state index in [2.05, 4.69) is 48.0 Å². The van der Waals surface area contributed by atoms with Gasteiger partial charge in [-0.3, -0.25) is 0 Å². The van der Waals surface area contributed by atoms with Gasteiger partial charge in [-0.05, 0) is 31.2 Å². The Hall–Kier alpha value is -0.740. The Morgan fingerprint density at radius 2 is 2.32 bits per heavy atom. The van der Waals surface area contributed by atoms with E-state index in [0.29, 0.717) is 5.25 Å². The van der Waals surface area contributed by atoms with Crippen LogP contribution in [0.15, 0.2) is 12.1 Å². The molecule has 1 aromatic heterocycles. The zero-order valence-electron chi connectivity index (χ0n) is 12.3. The molecule has 1 unspecified atom stereocenters. The first-order valence-electron chi connectivity index (χ1n) is 7.24. The maximum absolute atomic E-state index is 4.85. The molecule has 1 N–H and O–H groups in total. The molecule has 0 saturated carbocycles. The van der Waals surface area contributed by atoms with Crippen LogP contribution in [0.5, 0.6) is 0 Å². The highest BCUT2D eigenvalue weighted by Crippen LogP contribution is 2.24. The second-order valence-corrected chi connectivity index (χ2v) is 6.78. The lowest BCUT2D eigenvalue weighted by Gasteiger charge is -2.32. The van der Waals surface area contributed by atoms with E-state index in [1.54, 1.807) is 0 Å². The van der Waals surface area contributed by atoms with Crippen molar-refractivity contribution in [1.82, 2.24) is 10.3 Å². The molecule has 1 fully saturated rings. The summed E-state index contributed by atoms with van der Waals surface area (Å²) in [6.45, 7) is 7.68. The first kappa shape index (κ1) is 14.7. The number of thioether (sulfide) groups is 1. The van der Waals surface area contributed by atoms with Gasteiger partial charge >= 0.3 is 0 Å². The van der Waals surface area contributed by atoms with Crippen molar-refractivity contribution in [2.24, 2.45) is 0 Å². The van der Waals surface area contributed by atoms with Crippen LogP contribution >= 0.6 is 11.8 Å². The fourth-order valence-electron chi connectivity index (χ4n) is 2.51. The van der Waals surface area contributed by atoms with E-state index >= 15 is 0 Å². The summed E-state index contributed by atoms with van der Waals surface area (Å²) in [4.78, 5) is 7.30. The summed E-state index contributed by atoms with van der Waals surface area (Å²) in [7, 11) is 2.00. The number of anilines is 1. The molecule has 1 saturated heterocycles. The van der Waals surface area contributed by atoms with Crippen LogP contribution < -0.4 is 10.2 Å². The number of aromatic nitrogens is 1. The first-order valence-corrected chi connectivity index (χ1v) is 8.28. The van der Waals surface area contributed by atoms with Crippen molar-refractivity contribution in [3.05, 3.63) is 23.4 Å². The van der Waals surface area contributed by atoms with Gasteiger partial charge in [-0.1, -0.05) is 20.3 Å². The van der Waals surface area contributed by atoms with E-state index in [0.717, 1.165) is 32.5 Å². The topological polar surface area (TPSA) is 28.2 Å². The predicted molar refractivity (Wildman–Crippen MR) is 85.1 cm³/mol. The molecule has 3 nitrogen and oxygen atoms in total. The van der Waals surface area contributed by atoms with Crippen LogP contribution in [-0.2, 0) is 13.0 Å². The second-order valence-electron chi connectivity index (χ2n) is 5.23. The van der Waals surface area contributed by atoms with Gasteiger partial charge in [-0.15, -0.1) is 0 Å². The number of hydrogen-bond donors (Lipinski definition) is 1. The fourth-order valence-corrected chi connectivity index (χ4v) is 3.53. The highest BCUT2D eigenvalue weighted by atomic mass is 32.2. The molecule has 1 aliphatic rings. The average molecular weight is 279 g/mol. The van der Waals surface area contributed by atoms with Gasteiger partial charge in [-0.2, -0.15) is 11.8 Å². The molecule has 19 heavy (non-hydrogen) atoms. The van der Waals surface area contributed by atoms with Crippen molar-refractivity contribution in [3.8, 4) is 0 Å². The molecule has 0 aromatic carbocycles. The lowest BCUT2D eigenvalue weighted by atomic mass is 10.1. The smallest absolute Gasteiger partial charge is 0.129 e. The van der Waals surface area contributed by atoms with E-state index in [1.807, 2.05) is 7.05 Å². The lowest BCUT2D eigenvalue weighted by molar-refractivity contribution is 0.754. The monoisotopic (exact) mass is 279 g/mol. The summed E-state index contributed by atoms with van der Waals surface area (Å²) in [5, 5.41) is 3.95. The molecule has 2 rings (SSSR count). The molecular weight excluding hydrogens is 254 g/mol. The molecule has 1 aliphatic heterocycles. The normalized spacial score (nSPS) is 19.7. The van der Waals surface area contributed by atoms with E-state index in [1.165, 1.54) is 22.8 Å². The van der Waals surface area contributed by atoms with Crippen molar-refractivity contribution in [2.75, 3.05) is 30.8 Å². The molecule has 0 spiro atoms. The predicted octanol–water partition coefficient (Wildman–Crippen LogP) is 2.70. The zero-order chi connectivity index (χ0) is 13.7. The Morgan fingerprint density at radius 1 is 1.47 bits per heavy atom. The second kappa shape index (κ2) is 7.15. The Bertz CT molecular complexity index is 384. The minimum Gasteiger partial charge on any atom is -0.355 e. The van der Waals surface area contributed by atoms with Gasteiger partial charge in [0.05, 0.1) is 0 Å². The number of rotatable bonds is 5. The van der Waals surface area contributed by atoms with Crippen molar-refractivity contribution >= 4 is 17.6 Å². The largest absolute Gasteiger partial charge is 0.355 e. The zero-order valence-corrected chi connectivity index (χ0v) is 13.1. The maximum atomic E-state index is 4.85. The molecule has 0 amide bonds. The van der Waals surface area contributed by atoms with Gasteiger partial charge in [0.2, 0.25) is 0 Å². The Morgan fingerprint density at radius 3 is 3.00 bits per heavy atom. The van der Waals surface area contributed by atoms with E-state index in [-0.39, 0.29) is 0 Å². The van der Waals surface area contributed by atoms with Crippen molar-refractivity contribution in [3.63, 3.8) is 0 Å². The summed E-state index contributed by atoms with van der Waals surface area (Å²) in [5.74, 6) is 2.38. The minimum absolute atomic E-state index is 0.707. The molecule has 2 heterocycles. The third-order valence-corrected chi connectivity index (χ3v) is 4.51. The average Bonchev–Trinajstić information content (AvgIpc) is 2.39. The number of nitrogens with one attached hydrogen (secondary N) is 1. The Balaban J connectivity index is 2.21. The molecule has 0 aliphatic carbocycles. The number of hydrogen-bond acceptors (Lipinski definition) is 4. The van der Waals surface area contributed by atoms with E-state index < -0.39 is 0 Å². The van der Waals surface area contributed by atoms with Gasteiger partial charge in [-0.25, -0.2) is 4.98 Å². The molecule has 0 bridgehead atoms. The molecule has 4 heteroatoms. The third-order valence-electron chi connectivity index (χ3n) is 3.38. The standard InChI is InChI=1S/C15H25N3S/c1-4-5-14-8-13(10-16-3)9-15(17-14)18-6-7-19-12(2)11-18/h8-9,12,16H,4-7,10-11H2,1-3H3. The SMILES string of the molecule is CCCc1cc(CNC)cc(N2CCSC(C)C2)n1. The molecular formula is C15H25N3S. The molecule has 1 atom stereocenters. The summed E-state index contributed by atoms with van der Waals surface area (Å²) in [5.41, 5.74) is 2.58. The summed E-state index contributed by atoms with van der Waals surface area (Å²) >= 11 is 2.06. The van der Waals surface area contributed by atoms with Crippen molar-refractivity contribution in [1.29, 1.82) is 0 Å². The van der Waals surface area contributed by atoms with Crippen LogP contribution in [0, 0.1) is 0 Å². The van der Waals surface area contributed by atoms with Crippen LogP contribution in [0.3, 0.4) is 0 Å². The Labute approximate surface area is 121 Å². The first-order chi connectivity index (χ1) is 9.22. The number of nitrogens with zero attached hydrogens (tertiary/aromatic N) is 2. The summed E-state index contributed by atoms with van der Waals surface area (Å²) in [6, 6.07) is 4.49. The van der Waals surface area contributed by atoms with Crippen LogP contribution in [0.25, 0.3) is 0 Å².